The Balaban J connectivity index is 1.98. The van der Waals surface area contributed by atoms with Crippen molar-refractivity contribution in [2.24, 2.45) is 0 Å². The molecule has 0 saturated carbocycles. The lowest BCUT2D eigenvalue weighted by Crippen LogP contribution is -2.51. The molecule has 2 atom stereocenters. The highest BCUT2D eigenvalue weighted by molar-refractivity contribution is 8.00. The number of benzene rings is 1. The van der Waals surface area contributed by atoms with Crippen molar-refractivity contribution in [1.29, 1.82) is 0 Å². The second kappa shape index (κ2) is 6.83. The summed E-state index contributed by atoms with van der Waals surface area (Å²) < 4.78 is 36.7. The second-order valence-corrected chi connectivity index (χ2v) is 6.18. The zero-order chi connectivity index (χ0) is 14.6. The molecule has 1 aromatic carbocycles. The van der Waals surface area contributed by atoms with Gasteiger partial charge in [-0.25, -0.2) is 0 Å². The highest BCUT2D eigenvalue weighted by Crippen LogP contribution is 2.31. The summed E-state index contributed by atoms with van der Waals surface area (Å²) in [5.41, 5.74) is -2.98. The summed E-state index contributed by atoms with van der Waals surface area (Å²) >= 11 is 0.0636. The number of halogens is 3. The summed E-state index contributed by atoms with van der Waals surface area (Å²) in [5.74, 6) is 0.0829. The highest BCUT2D eigenvalue weighted by atomic mass is 32.2. The Morgan fingerprint density at radius 2 is 2.00 bits per heavy atom. The van der Waals surface area contributed by atoms with Crippen LogP contribution >= 0.6 is 11.8 Å². The van der Waals surface area contributed by atoms with Gasteiger partial charge >= 0.3 is 5.51 Å². The van der Waals surface area contributed by atoms with Crippen LogP contribution in [0.5, 0.6) is 0 Å². The molecule has 0 amide bonds. The third-order valence-electron chi connectivity index (χ3n) is 3.44. The molecule has 2 rings (SSSR count). The lowest BCUT2D eigenvalue weighted by atomic mass is 10.0. The average molecular weight is 304 g/mol. The van der Waals surface area contributed by atoms with Crippen LogP contribution in [0, 0.1) is 0 Å². The molecule has 1 N–H and O–H groups in total. The predicted octanol–water partition coefficient (Wildman–Crippen LogP) is 3.27. The van der Waals surface area contributed by atoms with E-state index in [4.69, 9.17) is 0 Å². The van der Waals surface area contributed by atoms with E-state index in [1.807, 2.05) is 30.3 Å². The third kappa shape index (κ3) is 4.68. The first-order valence-electron chi connectivity index (χ1n) is 6.69. The van der Waals surface area contributed by atoms with Crippen molar-refractivity contribution in [3.8, 4) is 0 Å². The monoisotopic (exact) mass is 304 g/mol. The van der Waals surface area contributed by atoms with Crippen molar-refractivity contribution < 1.29 is 13.2 Å². The molecular weight excluding hydrogens is 285 g/mol. The molecule has 1 fully saturated rings. The highest BCUT2D eigenvalue weighted by Gasteiger charge is 2.30. The maximum atomic E-state index is 12.2. The van der Waals surface area contributed by atoms with Gasteiger partial charge in [0.15, 0.2) is 0 Å². The number of rotatable bonds is 4. The molecule has 1 heterocycles. The van der Waals surface area contributed by atoms with E-state index in [0.29, 0.717) is 12.6 Å². The minimum Gasteiger partial charge on any atom is -0.311 e. The topological polar surface area (TPSA) is 15.3 Å². The molecular formula is C14H19F3N2S. The van der Waals surface area contributed by atoms with E-state index in [1.54, 1.807) is 0 Å². The van der Waals surface area contributed by atoms with Gasteiger partial charge in [-0.2, -0.15) is 13.2 Å². The van der Waals surface area contributed by atoms with E-state index >= 15 is 0 Å². The summed E-state index contributed by atoms with van der Waals surface area (Å²) in [6.07, 6.45) is 0. The first-order chi connectivity index (χ1) is 9.46. The third-order valence-corrected chi connectivity index (χ3v) is 4.15. The van der Waals surface area contributed by atoms with Crippen LogP contribution in [0.25, 0.3) is 0 Å². The number of hydrogen-bond acceptors (Lipinski definition) is 3. The van der Waals surface area contributed by atoms with Crippen LogP contribution in [-0.4, -0.2) is 41.8 Å². The van der Waals surface area contributed by atoms with Gasteiger partial charge in [-0.15, -0.1) is 0 Å². The van der Waals surface area contributed by atoms with Gasteiger partial charge in [0, 0.05) is 37.5 Å². The van der Waals surface area contributed by atoms with Crippen molar-refractivity contribution in [3.05, 3.63) is 35.9 Å². The average Bonchev–Trinajstić information content (AvgIpc) is 2.38. The van der Waals surface area contributed by atoms with E-state index in [2.05, 4.69) is 17.1 Å². The van der Waals surface area contributed by atoms with E-state index in [9.17, 15) is 13.2 Å². The number of alkyl halides is 3. The summed E-state index contributed by atoms with van der Waals surface area (Å²) in [6, 6.07) is 10.4. The number of piperazine rings is 1. The minimum absolute atomic E-state index is 0.0636. The molecule has 112 valence electrons. The smallest absolute Gasteiger partial charge is 0.311 e. The summed E-state index contributed by atoms with van der Waals surface area (Å²) in [6.45, 7) is 4.07. The lowest BCUT2D eigenvalue weighted by molar-refractivity contribution is -0.0329. The fraction of sp³-hybridized carbons (Fsp3) is 0.571. The van der Waals surface area contributed by atoms with Crippen molar-refractivity contribution in [3.63, 3.8) is 0 Å². The van der Waals surface area contributed by atoms with Gasteiger partial charge in [0.2, 0.25) is 0 Å². The molecule has 0 bridgehead atoms. The number of hydrogen-bond donors (Lipinski definition) is 1. The molecule has 1 aliphatic heterocycles. The molecule has 0 aliphatic carbocycles. The maximum Gasteiger partial charge on any atom is 0.441 e. The van der Waals surface area contributed by atoms with Crippen LogP contribution < -0.4 is 5.32 Å². The molecule has 2 unspecified atom stereocenters. The summed E-state index contributed by atoms with van der Waals surface area (Å²) in [7, 11) is 0. The van der Waals surface area contributed by atoms with Crippen LogP contribution in [0.15, 0.2) is 30.3 Å². The quantitative estimate of drug-likeness (QED) is 0.919. The van der Waals surface area contributed by atoms with E-state index in [0.717, 1.165) is 18.7 Å². The zero-order valence-electron chi connectivity index (χ0n) is 11.4. The van der Waals surface area contributed by atoms with Gasteiger partial charge in [-0.3, -0.25) is 4.90 Å². The normalized spacial score (nSPS) is 24.8. The Hall–Kier alpha value is -0.720. The molecule has 1 aliphatic rings. The number of thioether (sulfide) groups is 1. The number of nitrogens with zero attached hydrogens (tertiary/aromatic N) is 1. The molecule has 1 saturated heterocycles. The Morgan fingerprint density at radius 1 is 1.30 bits per heavy atom. The Bertz CT molecular complexity index is 411. The SMILES string of the molecule is CC1CN(CCSC(F)(F)F)C(c2ccccc2)CN1. The minimum atomic E-state index is -4.14. The van der Waals surface area contributed by atoms with Gasteiger partial charge in [0.1, 0.15) is 0 Å². The molecule has 2 nitrogen and oxygen atoms in total. The standard InChI is InChI=1S/C14H19F3N2S/c1-11-10-19(7-8-20-14(15,16)17)13(9-18-11)12-5-3-2-4-6-12/h2-6,11,13,18H,7-10H2,1H3. The largest absolute Gasteiger partial charge is 0.441 e. The van der Waals surface area contributed by atoms with Crippen LogP contribution in [0.2, 0.25) is 0 Å². The zero-order valence-corrected chi connectivity index (χ0v) is 12.2. The van der Waals surface area contributed by atoms with E-state index in [1.165, 1.54) is 0 Å². The summed E-state index contributed by atoms with van der Waals surface area (Å²) in [5, 5.41) is 3.40. The Morgan fingerprint density at radius 3 is 2.65 bits per heavy atom. The van der Waals surface area contributed by atoms with Crippen molar-refractivity contribution in [2.75, 3.05) is 25.4 Å². The number of nitrogens with one attached hydrogen (secondary N) is 1. The molecule has 1 aromatic rings. The fourth-order valence-electron chi connectivity index (χ4n) is 2.52. The van der Waals surface area contributed by atoms with Crippen molar-refractivity contribution in [2.45, 2.75) is 24.5 Å². The van der Waals surface area contributed by atoms with Crippen LogP contribution in [0.1, 0.15) is 18.5 Å². The molecule has 0 radical (unpaired) electrons. The Kier molecular flexibility index (Phi) is 5.35. The molecule has 0 aromatic heterocycles. The van der Waals surface area contributed by atoms with Crippen LogP contribution in [0.4, 0.5) is 13.2 Å². The van der Waals surface area contributed by atoms with Gasteiger partial charge in [-0.1, -0.05) is 30.3 Å². The lowest BCUT2D eigenvalue weighted by Gasteiger charge is -2.39. The summed E-state index contributed by atoms with van der Waals surface area (Å²) in [4.78, 5) is 2.15. The van der Waals surface area contributed by atoms with Gasteiger partial charge < -0.3 is 5.32 Å². The second-order valence-electron chi connectivity index (χ2n) is 5.02. The van der Waals surface area contributed by atoms with Crippen LogP contribution in [0.3, 0.4) is 0 Å². The first-order valence-corrected chi connectivity index (χ1v) is 7.67. The van der Waals surface area contributed by atoms with Crippen LogP contribution in [-0.2, 0) is 0 Å². The van der Waals surface area contributed by atoms with Gasteiger partial charge in [0.05, 0.1) is 0 Å². The van der Waals surface area contributed by atoms with E-state index < -0.39 is 5.51 Å². The van der Waals surface area contributed by atoms with Gasteiger partial charge in [0.25, 0.3) is 0 Å². The Labute approximate surface area is 121 Å². The fourth-order valence-corrected chi connectivity index (χ4v) is 3.07. The van der Waals surface area contributed by atoms with Gasteiger partial charge in [-0.05, 0) is 24.2 Å². The maximum absolute atomic E-state index is 12.2. The molecule has 6 heteroatoms. The first kappa shape index (κ1) is 15.7. The predicted molar refractivity (Wildman–Crippen MR) is 76.7 cm³/mol. The van der Waals surface area contributed by atoms with Crippen molar-refractivity contribution >= 4 is 11.8 Å². The molecule has 20 heavy (non-hydrogen) atoms. The molecule has 0 spiro atoms. The van der Waals surface area contributed by atoms with E-state index in [-0.39, 0.29) is 23.6 Å². The van der Waals surface area contributed by atoms with Crippen molar-refractivity contribution in [1.82, 2.24) is 10.2 Å².